The molecule has 0 amide bonds. The van der Waals surface area contributed by atoms with E-state index in [-0.39, 0.29) is 29.7 Å². The second-order valence-electron chi connectivity index (χ2n) is 11.5. The van der Waals surface area contributed by atoms with Gasteiger partial charge in [0.05, 0.1) is 11.0 Å². The third-order valence-corrected chi connectivity index (χ3v) is 8.69. The number of rotatable bonds is 8. The molecule has 5 fully saturated rings. The van der Waals surface area contributed by atoms with Crippen molar-refractivity contribution in [3.8, 4) is 0 Å². The summed E-state index contributed by atoms with van der Waals surface area (Å²) in [5.74, 6) is 0.730. The molecule has 0 aromatic rings. The number of ether oxygens (including phenoxy) is 3. The molecule has 5 heteroatoms. The van der Waals surface area contributed by atoms with Crippen LogP contribution in [0.4, 0.5) is 0 Å². The van der Waals surface area contributed by atoms with Crippen LogP contribution in [-0.4, -0.2) is 35.3 Å². The number of carbonyl (C=O) groups excluding carboxylic acids is 2. The summed E-state index contributed by atoms with van der Waals surface area (Å²) in [5, 5.41) is 0. The maximum atomic E-state index is 12.9. The SMILES string of the molecule is CCC1(OC(=O)COC23CC4CC(C2)CC(OC(=O)C(C)(C)CC)(C4)C3)CCCC1. The van der Waals surface area contributed by atoms with Gasteiger partial charge in [-0.3, -0.25) is 4.79 Å². The first-order chi connectivity index (χ1) is 14.1. The molecule has 0 aliphatic heterocycles. The molecule has 5 aliphatic carbocycles. The van der Waals surface area contributed by atoms with Crippen molar-refractivity contribution < 1.29 is 23.8 Å². The molecule has 5 rings (SSSR count). The smallest absolute Gasteiger partial charge is 0.332 e. The van der Waals surface area contributed by atoms with Gasteiger partial charge in [0.25, 0.3) is 0 Å². The number of hydrogen-bond donors (Lipinski definition) is 0. The van der Waals surface area contributed by atoms with E-state index in [1.165, 1.54) is 6.42 Å². The third kappa shape index (κ3) is 4.16. The van der Waals surface area contributed by atoms with Gasteiger partial charge in [-0.1, -0.05) is 13.8 Å². The summed E-state index contributed by atoms with van der Waals surface area (Å²) in [6, 6.07) is 0. The summed E-state index contributed by atoms with van der Waals surface area (Å²) in [6.45, 7) is 8.08. The Kier molecular flexibility index (Phi) is 5.74. The summed E-state index contributed by atoms with van der Waals surface area (Å²) in [4.78, 5) is 25.5. The molecular weight excluding hydrogens is 380 g/mol. The lowest BCUT2D eigenvalue weighted by Crippen LogP contribution is -2.62. The van der Waals surface area contributed by atoms with Gasteiger partial charge in [0.1, 0.15) is 17.8 Å². The Morgan fingerprint density at radius 1 is 0.933 bits per heavy atom. The minimum atomic E-state index is -0.461. The van der Waals surface area contributed by atoms with Crippen LogP contribution in [0.5, 0.6) is 0 Å². The van der Waals surface area contributed by atoms with Gasteiger partial charge in [0, 0.05) is 6.42 Å². The number of carbonyl (C=O) groups is 2. The molecule has 30 heavy (non-hydrogen) atoms. The Balaban J connectivity index is 1.41. The van der Waals surface area contributed by atoms with Crippen molar-refractivity contribution in [1.29, 1.82) is 0 Å². The van der Waals surface area contributed by atoms with E-state index in [4.69, 9.17) is 14.2 Å². The Hall–Kier alpha value is -1.10. The summed E-state index contributed by atoms with van der Waals surface area (Å²) in [5.41, 5.74) is -1.48. The van der Waals surface area contributed by atoms with E-state index in [1.807, 2.05) is 20.8 Å². The first-order valence-corrected chi connectivity index (χ1v) is 12.2. The topological polar surface area (TPSA) is 61.8 Å². The van der Waals surface area contributed by atoms with E-state index in [0.29, 0.717) is 11.8 Å². The molecule has 2 atom stereocenters. The third-order valence-electron chi connectivity index (χ3n) is 8.69. The van der Waals surface area contributed by atoms with Crippen LogP contribution in [-0.2, 0) is 23.8 Å². The predicted molar refractivity (Wildman–Crippen MR) is 114 cm³/mol. The van der Waals surface area contributed by atoms with Gasteiger partial charge < -0.3 is 14.2 Å². The summed E-state index contributed by atoms with van der Waals surface area (Å²) in [7, 11) is 0. The lowest BCUT2D eigenvalue weighted by Gasteiger charge is -2.60. The highest BCUT2D eigenvalue weighted by Crippen LogP contribution is 2.60. The monoisotopic (exact) mass is 420 g/mol. The zero-order chi connectivity index (χ0) is 21.6. The number of hydrogen-bond acceptors (Lipinski definition) is 5. The molecule has 0 radical (unpaired) electrons. The fraction of sp³-hybridized carbons (Fsp3) is 0.920. The van der Waals surface area contributed by atoms with Gasteiger partial charge >= 0.3 is 11.9 Å². The molecule has 0 aromatic carbocycles. The number of esters is 2. The van der Waals surface area contributed by atoms with Gasteiger partial charge in [-0.05, 0) is 96.3 Å². The Morgan fingerprint density at radius 2 is 1.53 bits per heavy atom. The van der Waals surface area contributed by atoms with Crippen LogP contribution < -0.4 is 0 Å². The van der Waals surface area contributed by atoms with Gasteiger partial charge in [-0.15, -0.1) is 0 Å². The summed E-state index contributed by atoms with van der Waals surface area (Å²) < 4.78 is 18.5. The van der Waals surface area contributed by atoms with Crippen LogP contribution in [0, 0.1) is 17.3 Å². The predicted octanol–water partition coefficient (Wildman–Crippen LogP) is 5.34. The zero-order valence-electron chi connectivity index (χ0n) is 19.4. The Morgan fingerprint density at radius 3 is 2.10 bits per heavy atom. The molecule has 0 saturated heterocycles. The van der Waals surface area contributed by atoms with Crippen LogP contribution in [0.2, 0.25) is 0 Å². The molecule has 4 bridgehead atoms. The Labute approximate surface area is 181 Å². The van der Waals surface area contributed by atoms with Crippen molar-refractivity contribution in [2.24, 2.45) is 17.3 Å². The second-order valence-corrected chi connectivity index (χ2v) is 11.5. The first-order valence-electron chi connectivity index (χ1n) is 12.2. The van der Waals surface area contributed by atoms with E-state index < -0.39 is 11.0 Å². The van der Waals surface area contributed by atoms with E-state index in [1.54, 1.807) is 0 Å². The van der Waals surface area contributed by atoms with Crippen molar-refractivity contribution in [3.63, 3.8) is 0 Å². The Bertz CT molecular complexity index is 661. The molecule has 0 heterocycles. The highest BCUT2D eigenvalue weighted by molar-refractivity contribution is 5.76. The van der Waals surface area contributed by atoms with Gasteiger partial charge in [-0.2, -0.15) is 0 Å². The van der Waals surface area contributed by atoms with Gasteiger partial charge in [-0.25, -0.2) is 4.79 Å². The molecule has 0 N–H and O–H groups in total. The average molecular weight is 421 g/mol. The van der Waals surface area contributed by atoms with Crippen molar-refractivity contribution in [2.45, 2.75) is 122 Å². The maximum absolute atomic E-state index is 12.9. The van der Waals surface area contributed by atoms with Gasteiger partial charge in [0.2, 0.25) is 0 Å². The van der Waals surface area contributed by atoms with Crippen LogP contribution in [0.15, 0.2) is 0 Å². The van der Waals surface area contributed by atoms with Crippen LogP contribution >= 0.6 is 0 Å². The van der Waals surface area contributed by atoms with Gasteiger partial charge in [0.15, 0.2) is 0 Å². The fourth-order valence-corrected chi connectivity index (χ4v) is 6.89. The average Bonchev–Trinajstić information content (AvgIpc) is 3.14. The van der Waals surface area contributed by atoms with Crippen LogP contribution in [0.3, 0.4) is 0 Å². The first kappa shape index (κ1) is 22.1. The second kappa shape index (κ2) is 7.79. The van der Waals surface area contributed by atoms with Crippen molar-refractivity contribution in [3.05, 3.63) is 0 Å². The lowest BCUT2D eigenvalue weighted by molar-refractivity contribution is -0.241. The molecule has 170 valence electrons. The fourth-order valence-electron chi connectivity index (χ4n) is 6.89. The van der Waals surface area contributed by atoms with Crippen LogP contribution in [0.1, 0.15) is 105 Å². The molecule has 5 saturated carbocycles. The molecule has 0 aromatic heterocycles. The quantitative estimate of drug-likeness (QED) is 0.496. The highest BCUT2D eigenvalue weighted by atomic mass is 16.6. The maximum Gasteiger partial charge on any atom is 0.332 e. The van der Waals surface area contributed by atoms with Crippen molar-refractivity contribution in [2.75, 3.05) is 6.61 Å². The molecular formula is C25H40O5. The zero-order valence-corrected chi connectivity index (χ0v) is 19.4. The minimum absolute atomic E-state index is 0.0195. The molecule has 2 unspecified atom stereocenters. The van der Waals surface area contributed by atoms with E-state index in [2.05, 4.69) is 6.92 Å². The van der Waals surface area contributed by atoms with E-state index in [9.17, 15) is 9.59 Å². The standard InChI is InChI=1S/C25H40O5/c1-5-22(3,4)21(27)30-25-14-18-11-19(15-25)13-24(12-18,17-25)28-16-20(26)29-23(6-2)9-7-8-10-23/h18-19H,5-17H2,1-4H3. The normalized spacial score (nSPS) is 36.7. The van der Waals surface area contributed by atoms with E-state index >= 15 is 0 Å². The molecule has 5 aliphatic rings. The lowest BCUT2D eigenvalue weighted by atomic mass is 9.52. The molecule has 0 spiro atoms. The molecule has 5 nitrogen and oxygen atoms in total. The summed E-state index contributed by atoms with van der Waals surface area (Å²) in [6.07, 6.45) is 11.6. The van der Waals surface area contributed by atoms with Crippen LogP contribution in [0.25, 0.3) is 0 Å². The van der Waals surface area contributed by atoms with Crippen molar-refractivity contribution in [1.82, 2.24) is 0 Å². The largest absolute Gasteiger partial charge is 0.459 e. The minimum Gasteiger partial charge on any atom is -0.459 e. The van der Waals surface area contributed by atoms with Crippen molar-refractivity contribution >= 4 is 11.9 Å². The highest BCUT2D eigenvalue weighted by Gasteiger charge is 2.61. The van der Waals surface area contributed by atoms with E-state index in [0.717, 1.165) is 70.6 Å². The summed E-state index contributed by atoms with van der Waals surface area (Å²) >= 11 is 0.